The average Bonchev–Trinajstić information content (AvgIpc) is 2.93. The summed E-state index contributed by atoms with van der Waals surface area (Å²) in [6, 6.07) is 1.42. The van der Waals surface area contributed by atoms with Gasteiger partial charge in [0.1, 0.15) is 5.75 Å². The van der Waals surface area contributed by atoms with E-state index < -0.39 is 126 Å². The van der Waals surface area contributed by atoms with Gasteiger partial charge in [0.25, 0.3) is 0 Å². The molecule has 1 N–H and O–H groups in total. The first-order valence-electron chi connectivity index (χ1n) is 9.89. The first kappa shape index (κ1) is 28.6. The van der Waals surface area contributed by atoms with Gasteiger partial charge in [0, 0.05) is 16.7 Å². The number of phenols is 1. The largest absolute Gasteiger partial charge is 0.507 e. The molecule has 0 bridgehead atoms. The van der Waals surface area contributed by atoms with Crippen molar-refractivity contribution in [2.45, 2.75) is 0 Å². The quantitative estimate of drug-likeness (QED) is 0.145. The van der Waals surface area contributed by atoms with Gasteiger partial charge in [-0.3, -0.25) is 0 Å². The standard InChI is InChI=1S/C24H2F15O/c25-9-6(10(26)16(32)21(37)15(9)31)3-1-2-4(7-11(27)17(33)22(38)18(34)12(7)28)24(40)5(3)8-13(29)19(35)23(39)20(36)14(8)30/h2,40H. The van der Waals surface area contributed by atoms with Crippen LogP contribution in [0.2, 0.25) is 0 Å². The monoisotopic (exact) mass is 591 g/mol. The Kier molecular flexibility index (Phi) is 6.92. The molecule has 0 fully saturated rings. The molecule has 0 unspecified atom stereocenters. The number of benzene rings is 4. The molecule has 0 saturated heterocycles. The summed E-state index contributed by atoms with van der Waals surface area (Å²) in [5.74, 6) is -43.8. The number of hydrogen-bond donors (Lipinski definition) is 1. The highest BCUT2D eigenvalue weighted by Crippen LogP contribution is 2.49. The van der Waals surface area contributed by atoms with E-state index in [0.717, 1.165) is 0 Å². The zero-order valence-electron chi connectivity index (χ0n) is 18.2. The number of phenolic OH excluding ortho intramolecular Hbond substituents is 1. The molecule has 0 aliphatic carbocycles. The highest BCUT2D eigenvalue weighted by Gasteiger charge is 2.36. The highest BCUT2D eigenvalue weighted by molar-refractivity contribution is 5.93. The molecule has 0 saturated carbocycles. The molecule has 0 aliphatic rings. The molecule has 40 heavy (non-hydrogen) atoms. The van der Waals surface area contributed by atoms with Gasteiger partial charge in [-0.2, -0.15) is 0 Å². The van der Waals surface area contributed by atoms with Gasteiger partial charge < -0.3 is 5.11 Å². The van der Waals surface area contributed by atoms with Gasteiger partial charge in [0.15, 0.2) is 69.8 Å². The van der Waals surface area contributed by atoms with Crippen molar-refractivity contribution in [1.29, 1.82) is 0 Å². The lowest BCUT2D eigenvalue weighted by Crippen LogP contribution is -2.09. The fourth-order valence-corrected chi connectivity index (χ4v) is 3.66. The smallest absolute Gasteiger partial charge is 0.200 e. The zero-order chi connectivity index (χ0) is 30.1. The van der Waals surface area contributed by atoms with Crippen LogP contribution in [0.3, 0.4) is 0 Å². The molecular formula is C24H2F15O. The summed E-state index contributed by atoms with van der Waals surface area (Å²) < 4.78 is 211. The summed E-state index contributed by atoms with van der Waals surface area (Å²) >= 11 is 0. The minimum atomic E-state index is -2.88. The summed E-state index contributed by atoms with van der Waals surface area (Å²) in [6.45, 7) is 0. The van der Waals surface area contributed by atoms with Gasteiger partial charge in [-0.15, -0.1) is 0 Å². The second-order valence-electron chi connectivity index (χ2n) is 7.64. The van der Waals surface area contributed by atoms with Crippen molar-refractivity contribution in [2.75, 3.05) is 0 Å². The molecule has 0 amide bonds. The topological polar surface area (TPSA) is 20.2 Å². The van der Waals surface area contributed by atoms with Crippen LogP contribution in [0.15, 0.2) is 6.07 Å². The van der Waals surface area contributed by atoms with E-state index in [9.17, 15) is 71.0 Å². The molecule has 16 heteroatoms. The Labute approximate surface area is 210 Å². The fourth-order valence-electron chi connectivity index (χ4n) is 3.66. The number of aromatic hydroxyl groups is 1. The molecule has 0 atom stereocenters. The Morgan fingerprint density at radius 1 is 0.350 bits per heavy atom. The summed E-state index contributed by atoms with van der Waals surface area (Å²) in [6.07, 6.45) is 0. The maximum atomic E-state index is 14.7. The van der Waals surface area contributed by atoms with Crippen LogP contribution in [-0.4, -0.2) is 5.11 Å². The van der Waals surface area contributed by atoms with Crippen LogP contribution in [0, 0.1) is 93.3 Å². The third-order valence-electron chi connectivity index (χ3n) is 5.50. The fraction of sp³-hybridized carbons (Fsp3) is 0. The Morgan fingerprint density at radius 2 is 0.625 bits per heavy atom. The molecule has 0 heterocycles. The van der Waals surface area contributed by atoms with E-state index in [0.29, 0.717) is 0 Å². The van der Waals surface area contributed by atoms with Crippen LogP contribution in [0.25, 0.3) is 33.4 Å². The van der Waals surface area contributed by atoms with Gasteiger partial charge in [0.05, 0.1) is 16.7 Å². The summed E-state index contributed by atoms with van der Waals surface area (Å²) in [5.41, 5.74) is -12.3. The first-order valence-corrected chi connectivity index (χ1v) is 9.89. The van der Waals surface area contributed by atoms with E-state index in [4.69, 9.17) is 0 Å². The molecule has 0 aliphatic heterocycles. The Hall–Kier alpha value is -4.37. The Morgan fingerprint density at radius 3 is 0.975 bits per heavy atom. The van der Waals surface area contributed by atoms with Crippen LogP contribution in [0.5, 0.6) is 5.75 Å². The van der Waals surface area contributed by atoms with E-state index >= 15 is 0 Å². The normalized spacial score (nSPS) is 11.5. The first-order chi connectivity index (χ1) is 18.6. The van der Waals surface area contributed by atoms with E-state index in [1.54, 1.807) is 0 Å². The van der Waals surface area contributed by atoms with E-state index in [1.165, 1.54) is 6.07 Å². The van der Waals surface area contributed by atoms with Crippen molar-refractivity contribution in [3.63, 3.8) is 0 Å². The lowest BCUT2D eigenvalue weighted by atomic mass is 9.88. The van der Waals surface area contributed by atoms with Crippen molar-refractivity contribution in [2.24, 2.45) is 0 Å². The van der Waals surface area contributed by atoms with Gasteiger partial charge in [-0.25, -0.2) is 65.9 Å². The van der Waals surface area contributed by atoms with Gasteiger partial charge in [-0.05, 0) is 12.1 Å². The molecule has 0 spiro atoms. The number of halogens is 15. The zero-order valence-corrected chi connectivity index (χ0v) is 18.2. The van der Waals surface area contributed by atoms with E-state index in [-0.39, 0.29) is 6.07 Å². The summed E-state index contributed by atoms with van der Waals surface area (Å²) in [7, 11) is 0. The van der Waals surface area contributed by atoms with Crippen molar-refractivity contribution < 1.29 is 71.0 Å². The van der Waals surface area contributed by atoms with Crippen LogP contribution in [0.1, 0.15) is 0 Å². The van der Waals surface area contributed by atoms with Gasteiger partial charge in [-0.1, -0.05) is 0 Å². The molecule has 4 aromatic carbocycles. The molecular weight excluding hydrogens is 589 g/mol. The predicted molar refractivity (Wildman–Crippen MR) is 103 cm³/mol. The molecule has 4 aromatic rings. The van der Waals surface area contributed by atoms with Crippen molar-refractivity contribution in [3.05, 3.63) is 99.4 Å². The predicted octanol–water partition coefficient (Wildman–Crippen LogP) is 8.28. The lowest BCUT2D eigenvalue weighted by Gasteiger charge is -2.19. The maximum absolute atomic E-state index is 14.7. The number of hydrogen-bond acceptors (Lipinski definition) is 1. The summed E-state index contributed by atoms with van der Waals surface area (Å²) in [4.78, 5) is 0. The Bertz CT molecular complexity index is 1680. The summed E-state index contributed by atoms with van der Waals surface area (Å²) in [5, 5.41) is 10.6. The van der Waals surface area contributed by atoms with Crippen LogP contribution in [0.4, 0.5) is 65.9 Å². The lowest BCUT2D eigenvalue weighted by molar-refractivity contribution is 0.379. The van der Waals surface area contributed by atoms with Crippen LogP contribution >= 0.6 is 0 Å². The minimum absolute atomic E-state index is 0.0729. The van der Waals surface area contributed by atoms with Crippen molar-refractivity contribution in [1.82, 2.24) is 0 Å². The molecule has 1 nitrogen and oxygen atoms in total. The van der Waals surface area contributed by atoms with E-state index in [2.05, 4.69) is 0 Å². The van der Waals surface area contributed by atoms with Crippen molar-refractivity contribution in [3.8, 4) is 39.1 Å². The van der Waals surface area contributed by atoms with Gasteiger partial charge in [0.2, 0.25) is 17.5 Å². The second kappa shape index (κ2) is 9.67. The molecule has 209 valence electrons. The van der Waals surface area contributed by atoms with Crippen LogP contribution < -0.4 is 0 Å². The van der Waals surface area contributed by atoms with E-state index in [1.807, 2.05) is 0 Å². The van der Waals surface area contributed by atoms with Gasteiger partial charge >= 0.3 is 0 Å². The highest BCUT2D eigenvalue weighted by atomic mass is 19.2. The molecule has 4 rings (SSSR count). The second-order valence-corrected chi connectivity index (χ2v) is 7.64. The Balaban J connectivity index is 2.29. The third kappa shape index (κ3) is 3.83. The number of rotatable bonds is 3. The average molecular weight is 591 g/mol. The van der Waals surface area contributed by atoms with Crippen LogP contribution in [-0.2, 0) is 0 Å². The van der Waals surface area contributed by atoms with Crippen molar-refractivity contribution >= 4 is 0 Å². The third-order valence-corrected chi connectivity index (χ3v) is 5.50. The maximum Gasteiger partial charge on any atom is 0.200 e. The molecule has 1 radical (unpaired) electrons. The SMILES string of the molecule is Oc1c(-c2c(F)c(F)c(F)c(F)c2F)c[c]c(-c2c(F)c(F)c(F)c(F)c2F)c1-c1c(F)c(F)c(F)c(F)c1F. The molecule has 0 aromatic heterocycles. The minimum Gasteiger partial charge on any atom is -0.507 e.